The average molecular weight is 652 g/mol. The van der Waals surface area contributed by atoms with E-state index in [-0.39, 0.29) is 61.6 Å². The molecule has 0 spiro atoms. The van der Waals surface area contributed by atoms with Crippen LogP contribution in [0.1, 0.15) is 93.4 Å². The van der Waals surface area contributed by atoms with Crippen molar-refractivity contribution >= 4 is 24.0 Å². The highest BCUT2D eigenvalue weighted by Crippen LogP contribution is 2.45. The molecule has 3 aliphatic heterocycles. The predicted octanol–water partition coefficient (Wildman–Crippen LogP) is 4.02. The van der Waals surface area contributed by atoms with Gasteiger partial charge < -0.3 is 38.5 Å². The highest BCUT2D eigenvalue weighted by atomic mass is 16.7. The third-order valence-electron chi connectivity index (χ3n) is 9.99. The minimum Gasteiger partial charge on any atom is -0.462 e. The number of esters is 2. The third kappa shape index (κ3) is 9.69. The van der Waals surface area contributed by atoms with Crippen LogP contribution in [0, 0.1) is 23.7 Å². The Morgan fingerprint density at radius 1 is 1.11 bits per heavy atom. The first-order chi connectivity index (χ1) is 21.6. The van der Waals surface area contributed by atoms with Crippen LogP contribution in [0.3, 0.4) is 0 Å². The molecule has 0 aliphatic carbocycles. The number of fused-ring (bicyclic) bond motifs is 1. The summed E-state index contributed by atoms with van der Waals surface area (Å²) >= 11 is 0. The van der Waals surface area contributed by atoms with Gasteiger partial charge in [0, 0.05) is 30.6 Å². The number of allylic oxidation sites excluding steroid dienone is 1. The standard InChI is InChI=1S/C35H57NO10/c1-10-12-29(40)44-32-25(36(8)9)18-21(4)42-34(32)45-31-22(5)27(39)19-30(41)43-28(11-2)23(6)33-35(7,46-33)15-13-26(38)20(3)17-24(31)14-16-37/h13,15-16,20-25,27-28,31-34,39H,10-12,14,17-19H2,1-9H3/b15-13+/t20?,21-,22?,23?,24?,25+,27?,28?,31?,32-,33?,34+,35?/m1/s1. The summed E-state index contributed by atoms with van der Waals surface area (Å²) in [7, 11) is 3.81. The van der Waals surface area contributed by atoms with E-state index in [1.165, 1.54) is 0 Å². The number of aldehydes is 1. The van der Waals surface area contributed by atoms with Gasteiger partial charge in [-0.3, -0.25) is 14.4 Å². The molecule has 262 valence electrons. The second-order valence-corrected chi connectivity index (χ2v) is 14.1. The number of rotatable bonds is 9. The fourth-order valence-electron chi connectivity index (χ4n) is 7.02. The summed E-state index contributed by atoms with van der Waals surface area (Å²) in [6, 6.07) is -0.214. The van der Waals surface area contributed by atoms with Gasteiger partial charge in [0.1, 0.15) is 18.0 Å². The van der Waals surface area contributed by atoms with Gasteiger partial charge in [0.05, 0.1) is 36.9 Å². The van der Waals surface area contributed by atoms with Gasteiger partial charge in [-0.25, -0.2) is 0 Å². The van der Waals surface area contributed by atoms with Crippen molar-refractivity contribution in [1.29, 1.82) is 0 Å². The zero-order chi connectivity index (χ0) is 34.3. The van der Waals surface area contributed by atoms with Crippen LogP contribution in [0.2, 0.25) is 0 Å². The molecule has 3 rings (SSSR count). The molecular weight excluding hydrogens is 594 g/mol. The molecule has 13 atom stereocenters. The van der Waals surface area contributed by atoms with E-state index in [1.807, 2.05) is 60.5 Å². The quantitative estimate of drug-likeness (QED) is 0.220. The van der Waals surface area contributed by atoms with Crippen LogP contribution in [0.25, 0.3) is 0 Å². The molecule has 0 saturated carbocycles. The molecule has 0 bridgehead atoms. The molecule has 11 nitrogen and oxygen atoms in total. The molecule has 2 fully saturated rings. The first-order valence-corrected chi connectivity index (χ1v) is 17.0. The maximum atomic E-state index is 13.4. The molecule has 11 heteroatoms. The van der Waals surface area contributed by atoms with E-state index in [1.54, 1.807) is 19.1 Å². The normalized spacial score (nSPS) is 41.7. The summed E-state index contributed by atoms with van der Waals surface area (Å²) in [6.45, 7) is 13.2. The number of carbonyl (C=O) groups excluding carboxylic acids is 4. The van der Waals surface area contributed by atoms with Gasteiger partial charge in [0.25, 0.3) is 0 Å². The largest absolute Gasteiger partial charge is 0.462 e. The van der Waals surface area contributed by atoms with Gasteiger partial charge in [-0.15, -0.1) is 0 Å². The number of ketones is 1. The van der Waals surface area contributed by atoms with Crippen LogP contribution in [0.4, 0.5) is 0 Å². The summed E-state index contributed by atoms with van der Waals surface area (Å²) < 4.78 is 30.8. The van der Waals surface area contributed by atoms with E-state index < -0.39 is 60.0 Å². The van der Waals surface area contributed by atoms with Gasteiger partial charge in [-0.1, -0.05) is 34.6 Å². The lowest BCUT2D eigenvalue weighted by Crippen LogP contribution is -2.57. The molecule has 0 radical (unpaired) electrons. The lowest BCUT2D eigenvalue weighted by atomic mass is 9.79. The second-order valence-electron chi connectivity index (χ2n) is 14.1. The van der Waals surface area contributed by atoms with Gasteiger partial charge in [-0.2, -0.15) is 0 Å². The van der Waals surface area contributed by atoms with Gasteiger partial charge in [-0.05, 0) is 71.7 Å². The van der Waals surface area contributed by atoms with E-state index in [2.05, 4.69) is 0 Å². The minimum atomic E-state index is -1.19. The molecule has 0 aromatic heterocycles. The topological polar surface area (TPSA) is 141 Å². The third-order valence-corrected chi connectivity index (χ3v) is 9.99. The smallest absolute Gasteiger partial charge is 0.308 e. The molecule has 3 heterocycles. The first-order valence-electron chi connectivity index (χ1n) is 17.0. The molecule has 2 saturated heterocycles. The van der Waals surface area contributed by atoms with Crippen molar-refractivity contribution in [3.8, 4) is 0 Å². The zero-order valence-electron chi connectivity index (χ0n) is 29.2. The number of carbonyl (C=O) groups is 4. The average Bonchev–Trinajstić information content (AvgIpc) is 3.68. The Labute approximate surface area is 274 Å². The van der Waals surface area contributed by atoms with Gasteiger partial charge in [0.15, 0.2) is 18.2 Å². The van der Waals surface area contributed by atoms with Crippen LogP contribution in [-0.4, -0.2) is 103 Å². The molecule has 1 N–H and O–H groups in total. The van der Waals surface area contributed by atoms with E-state index in [0.717, 1.165) is 6.29 Å². The van der Waals surface area contributed by atoms with E-state index in [9.17, 15) is 24.3 Å². The Morgan fingerprint density at radius 2 is 1.80 bits per heavy atom. The Bertz CT molecular complexity index is 1080. The number of hydrogen-bond acceptors (Lipinski definition) is 11. The lowest BCUT2D eigenvalue weighted by molar-refractivity contribution is -0.287. The molecule has 0 aromatic carbocycles. The van der Waals surface area contributed by atoms with Gasteiger partial charge >= 0.3 is 11.9 Å². The number of hydrogen-bond donors (Lipinski definition) is 1. The summed E-state index contributed by atoms with van der Waals surface area (Å²) in [5.41, 5.74) is -0.657. The van der Waals surface area contributed by atoms with Crippen molar-refractivity contribution < 1.29 is 48.0 Å². The van der Waals surface area contributed by atoms with Crippen molar-refractivity contribution in [2.24, 2.45) is 23.7 Å². The van der Waals surface area contributed by atoms with Crippen LogP contribution < -0.4 is 0 Å². The van der Waals surface area contributed by atoms with Crippen molar-refractivity contribution in [1.82, 2.24) is 4.90 Å². The van der Waals surface area contributed by atoms with Crippen LogP contribution >= 0.6 is 0 Å². The van der Waals surface area contributed by atoms with Crippen molar-refractivity contribution in [3.05, 3.63) is 12.2 Å². The maximum Gasteiger partial charge on any atom is 0.308 e. The van der Waals surface area contributed by atoms with Crippen LogP contribution in [0.15, 0.2) is 12.2 Å². The summed E-state index contributed by atoms with van der Waals surface area (Å²) in [5, 5.41) is 11.5. The van der Waals surface area contributed by atoms with Gasteiger partial charge in [0.2, 0.25) is 0 Å². The van der Waals surface area contributed by atoms with Crippen molar-refractivity contribution in [3.63, 3.8) is 0 Å². The Hall–Kier alpha value is -2.18. The molecule has 0 aromatic rings. The predicted molar refractivity (Wildman–Crippen MR) is 171 cm³/mol. The first kappa shape index (κ1) is 38.3. The second kappa shape index (κ2) is 16.8. The Morgan fingerprint density at radius 3 is 2.41 bits per heavy atom. The number of ether oxygens (including phenoxy) is 5. The number of cyclic esters (lactones) is 1. The van der Waals surface area contributed by atoms with Crippen molar-refractivity contribution in [2.75, 3.05) is 14.1 Å². The monoisotopic (exact) mass is 651 g/mol. The fraction of sp³-hybridized carbons (Fsp3) is 0.829. The number of likely N-dealkylation sites (N-methyl/N-ethyl adjacent to an activating group) is 1. The van der Waals surface area contributed by atoms with Crippen LogP contribution in [0.5, 0.6) is 0 Å². The van der Waals surface area contributed by atoms with E-state index in [0.29, 0.717) is 19.3 Å². The molecule has 46 heavy (non-hydrogen) atoms. The molecule has 0 amide bonds. The summed E-state index contributed by atoms with van der Waals surface area (Å²) in [4.78, 5) is 53.3. The van der Waals surface area contributed by atoms with E-state index >= 15 is 0 Å². The number of nitrogens with zero attached hydrogens (tertiary/aromatic N) is 1. The van der Waals surface area contributed by atoms with Crippen LogP contribution in [-0.2, 0) is 42.9 Å². The van der Waals surface area contributed by atoms with E-state index in [4.69, 9.17) is 23.7 Å². The highest BCUT2D eigenvalue weighted by molar-refractivity contribution is 5.91. The minimum absolute atomic E-state index is 0.0471. The summed E-state index contributed by atoms with van der Waals surface area (Å²) in [5.74, 6) is -2.83. The Balaban J connectivity index is 2.01. The zero-order valence-corrected chi connectivity index (χ0v) is 29.2. The molecule has 9 unspecified atom stereocenters. The number of aliphatic hydroxyl groups is 1. The molecular formula is C35H57NO10. The maximum absolute atomic E-state index is 13.4. The van der Waals surface area contributed by atoms with Crippen molar-refractivity contribution in [2.45, 2.75) is 148 Å². The highest BCUT2D eigenvalue weighted by Gasteiger charge is 2.55. The fourth-order valence-corrected chi connectivity index (χ4v) is 7.02. The number of aliphatic hydroxyl groups excluding tert-OH is 1. The molecule has 3 aliphatic rings. The lowest BCUT2D eigenvalue weighted by Gasteiger charge is -2.45. The summed E-state index contributed by atoms with van der Waals surface area (Å²) in [6.07, 6.45) is 1.45. The number of epoxide rings is 1. The Kier molecular flexibility index (Phi) is 14.0. The SMILES string of the molecule is CCCC(=O)O[C@H]1[C@H](OC2C(CC=O)CC(C)C(=O)/C=C/C3(C)OC3C(C)C(CC)OC(=O)CC(O)C2C)O[C@H](C)C[C@@H]1N(C)C.